The first-order valence-electron chi connectivity index (χ1n) is 7.65. The number of ether oxygens (including phenoxy) is 3. The molecular weight excluding hydrogens is 306 g/mol. The van der Waals surface area contributed by atoms with Crippen LogP contribution in [0.1, 0.15) is 11.1 Å². The van der Waals surface area contributed by atoms with E-state index in [1.165, 1.54) is 0 Å². The van der Waals surface area contributed by atoms with E-state index in [9.17, 15) is 4.79 Å². The minimum absolute atomic E-state index is 0.101. The van der Waals surface area contributed by atoms with E-state index in [1.54, 1.807) is 14.2 Å². The molecule has 0 fully saturated rings. The molecule has 2 aromatic carbocycles. The average molecular weight is 325 g/mol. The van der Waals surface area contributed by atoms with Gasteiger partial charge >= 0.3 is 0 Å². The number of hydrogen-bond donors (Lipinski definition) is 1. The molecule has 24 heavy (non-hydrogen) atoms. The van der Waals surface area contributed by atoms with Gasteiger partial charge in [-0.05, 0) is 29.8 Å². The molecular formula is C19H19NO4. The maximum absolute atomic E-state index is 12.2. The van der Waals surface area contributed by atoms with E-state index in [-0.39, 0.29) is 5.91 Å². The summed E-state index contributed by atoms with van der Waals surface area (Å²) in [7, 11) is 3.22. The van der Waals surface area contributed by atoms with Crippen LogP contribution in [0.15, 0.2) is 42.5 Å². The van der Waals surface area contributed by atoms with Crippen molar-refractivity contribution in [3.8, 4) is 11.5 Å². The molecule has 1 N–H and O–H groups in total. The van der Waals surface area contributed by atoms with Gasteiger partial charge in [0, 0.05) is 23.9 Å². The van der Waals surface area contributed by atoms with Gasteiger partial charge in [0.2, 0.25) is 0 Å². The number of methoxy groups -OCH3 is 2. The number of carbonyl (C=O) groups excluding carboxylic acids is 1. The summed E-state index contributed by atoms with van der Waals surface area (Å²) < 4.78 is 16.0. The molecule has 1 aliphatic rings. The maximum Gasteiger partial charge on any atom is 0.256 e. The minimum Gasteiger partial charge on any atom is -0.493 e. The third-order valence-electron chi connectivity index (χ3n) is 3.75. The Bertz CT molecular complexity index is 783. The van der Waals surface area contributed by atoms with Gasteiger partial charge in [0.25, 0.3) is 5.91 Å². The molecule has 0 aliphatic carbocycles. The molecule has 0 saturated heterocycles. The SMILES string of the molecule is COCCOc1ccc(C=C2C(=O)Nc3ccccc32)cc1OC. The molecule has 1 aliphatic heterocycles. The van der Waals surface area contributed by atoms with Gasteiger partial charge in [-0.1, -0.05) is 24.3 Å². The second-order valence-corrected chi connectivity index (χ2v) is 5.31. The first-order chi connectivity index (χ1) is 11.7. The molecule has 0 spiro atoms. The van der Waals surface area contributed by atoms with Crippen LogP contribution < -0.4 is 14.8 Å². The highest BCUT2D eigenvalue weighted by Gasteiger charge is 2.23. The molecule has 0 radical (unpaired) electrons. The first kappa shape index (κ1) is 16.1. The highest BCUT2D eigenvalue weighted by molar-refractivity contribution is 6.34. The number of rotatable bonds is 6. The van der Waals surface area contributed by atoms with Gasteiger partial charge in [-0.2, -0.15) is 0 Å². The van der Waals surface area contributed by atoms with E-state index in [0.29, 0.717) is 30.3 Å². The zero-order chi connectivity index (χ0) is 16.9. The second-order valence-electron chi connectivity index (χ2n) is 5.31. The van der Waals surface area contributed by atoms with Crippen molar-refractivity contribution in [3.05, 3.63) is 53.6 Å². The Morgan fingerprint density at radius 1 is 1.04 bits per heavy atom. The second kappa shape index (κ2) is 7.19. The molecule has 3 rings (SSSR count). The van der Waals surface area contributed by atoms with Gasteiger partial charge < -0.3 is 19.5 Å². The number of carbonyl (C=O) groups is 1. The molecule has 1 heterocycles. The lowest BCUT2D eigenvalue weighted by atomic mass is 10.0. The zero-order valence-corrected chi connectivity index (χ0v) is 13.7. The van der Waals surface area contributed by atoms with Crippen molar-refractivity contribution in [1.29, 1.82) is 0 Å². The Morgan fingerprint density at radius 2 is 1.88 bits per heavy atom. The Labute approximate surface area is 140 Å². The van der Waals surface area contributed by atoms with Crippen LogP contribution in [0, 0.1) is 0 Å². The Morgan fingerprint density at radius 3 is 2.67 bits per heavy atom. The highest BCUT2D eigenvalue weighted by Crippen LogP contribution is 2.34. The first-order valence-corrected chi connectivity index (χ1v) is 7.65. The molecule has 5 heteroatoms. The standard InChI is InChI=1S/C19H19NO4/c1-22-9-10-24-17-8-7-13(12-18(17)23-2)11-15-14-5-3-4-6-16(14)20-19(15)21/h3-8,11-12H,9-10H2,1-2H3,(H,20,21). The van der Waals surface area contributed by atoms with Crippen LogP contribution in [-0.2, 0) is 9.53 Å². The lowest BCUT2D eigenvalue weighted by Gasteiger charge is -2.11. The van der Waals surface area contributed by atoms with Crippen molar-refractivity contribution in [2.45, 2.75) is 0 Å². The normalized spacial score (nSPS) is 14.4. The van der Waals surface area contributed by atoms with Crippen LogP contribution in [0.25, 0.3) is 11.6 Å². The maximum atomic E-state index is 12.2. The van der Waals surface area contributed by atoms with Crippen LogP contribution in [0.3, 0.4) is 0 Å². The molecule has 0 aromatic heterocycles. The molecule has 0 saturated carbocycles. The molecule has 5 nitrogen and oxygen atoms in total. The van der Waals surface area contributed by atoms with E-state index >= 15 is 0 Å². The number of amides is 1. The van der Waals surface area contributed by atoms with Crippen molar-refractivity contribution >= 4 is 23.2 Å². The van der Waals surface area contributed by atoms with Gasteiger partial charge in [-0.3, -0.25) is 4.79 Å². The van der Waals surface area contributed by atoms with Crippen molar-refractivity contribution in [2.24, 2.45) is 0 Å². The average Bonchev–Trinajstić information content (AvgIpc) is 2.92. The summed E-state index contributed by atoms with van der Waals surface area (Å²) in [5.74, 6) is 1.16. The van der Waals surface area contributed by atoms with Crippen LogP contribution >= 0.6 is 0 Å². The number of anilines is 1. The number of hydrogen-bond acceptors (Lipinski definition) is 4. The molecule has 0 unspecified atom stereocenters. The van der Waals surface area contributed by atoms with Gasteiger partial charge in [-0.15, -0.1) is 0 Å². The van der Waals surface area contributed by atoms with E-state index in [2.05, 4.69) is 5.32 Å². The van der Waals surface area contributed by atoms with Gasteiger partial charge in [0.1, 0.15) is 6.61 Å². The van der Waals surface area contributed by atoms with Gasteiger partial charge in [0.15, 0.2) is 11.5 Å². The summed E-state index contributed by atoms with van der Waals surface area (Å²) in [6.45, 7) is 0.953. The lowest BCUT2D eigenvalue weighted by molar-refractivity contribution is -0.110. The number of para-hydroxylation sites is 1. The molecule has 0 bridgehead atoms. The molecule has 0 atom stereocenters. The number of nitrogens with one attached hydrogen (secondary N) is 1. The van der Waals surface area contributed by atoms with E-state index < -0.39 is 0 Å². The van der Waals surface area contributed by atoms with Crippen LogP contribution in [0.4, 0.5) is 5.69 Å². The monoisotopic (exact) mass is 325 g/mol. The van der Waals surface area contributed by atoms with Crippen molar-refractivity contribution in [3.63, 3.8) is 0 Å². The summed E-state index contributed by atoms with van der Waals surface area (Å²) in [6.07, 6.45) is 1.85. The summed E-state index contributed by atoms with van der Waals surface area (Å²) in [5.41, 5.74) is 3.25. The zero-order valence-electron chi connectivity index (χ0n) is 13.7. The summed E-state index contributed by atoms with van der Waals surface area (Å²) in [6, 6.07) is 13.2. The van der Waals surface area contributed by atoms with E-state index in [4.69, 9.17) is 14.2 Å². The quantitative estimate of drug-likeness (QED) is 0.654. The summed E-state index contributed by atoms with van der Waals surface area (Å²) in [4.78, 5) is 12.2. The molecule has 2 aromatic rings. The van der Waals surface area contributed by atoms with Gasteiger partial charge in [0.05, 0.1) is 13.7 Å². The Hall–Kier alpha value is -2.79. The predicted molar refractivity (Wildman–Crippen MR) is 93.3 cm³/mol. The van der Waals surface area contributed by atoms with E-state index in [0.717, 1.165) is 16.8 Å². The largest absolute Gasteiger partial charge is 0.493 e. The summed E-state index contributed by atoms with van der Waals surface area (Å²) in [5, 5.41) is 2.86. The summed E-state index contributed by atoms with van der Waals surface area (Å²) >= 11 is 0. The minimum atomic E-state index is -0.101. The van der Waals surface area contributed by atoms with Crippen molar-refractivity contribution in [1.82, 2.24) is 0 Å². The predicted octanol–water partition coefficient (Wildman–Crippen LogP) is 3.21. The third kappa shape index (κ3) is 3.26. The fourth-order valence-electron chi connectivity index (χ4n) is 2.58. The number of benzene rings is 2. The lowest BCUT2D eigenvalue weighted by Crippen LogP contribution is -2.05. The van der Waals surface area contributed by atoms with Crippen molar-refractivity contribution < 1.29 is 19.0 Å². The third-order valence-corrected chi connectivity index (χ3v) is 3.75. The van der Waals surface area contributed by atoms with Crippen LogP contribution in [0.2, 0.25) is 0 Å². The fraction of sp³-hybridized carbons (Fsp3) is 0.211. The van der Waals surface area contributed by atoms with E-state index in [1.807, 2.05) is 48.5 Å². The topological polar surface area (TPSA) is 56.8 Å². The number of fused-ring (bicyclic) bond motifs is 1. The fourth-order valence-corrected chi connectivity index (χ4v) is 2.58. The van der Waals surface area contributed by atoms with Crippen molar-refractivity contribution in [2.75, 3.05) is 32.8 Å². The molecule has 1 amide bonds. The highest BCUT2D eigenvalue weighted by atomic mass is 16.5. The molecule has 124 valence electrons. The van der Waals surface area contributed by atoms with Crippen LogP contribution in [0.5, 0.6) is 11.5 Å². The Balaban J connectivity index is 1.89. The van der Waals surface area contributed by atoms with Crippen LogP contribution in [-0.4, -0.2) is 33.3 Å². The van der Waals surface area contributed by atoms with Gasteiger partial charge in [-0.25, -0.2) is 0 Å². The smallest absolute Gasteiger partial charge is 0.256 e. The Kier molecular flexibility index (Phi) is 4.82.